The zero-order valence-corrected chi connectivity index (χ0v) is 17.7. The Bertz CT molecular complexity index is 903. The minimum Gasteiger partial charge on any atom is -0.493 e. The normalized spacial score (nSPS) is 18.0. The van der Waals surface area contributed by atoms with Gasteiger partial charge < -0.3 is 24.4 Å². The number of hydrogen-bond acceptors (Lipinski definition) is 6. The van der Waals surface area contributed by atoms with Crippen molar-refractivity contribution in [3.8, 4) is 11.5 Å². The second-order valence-corrected chi connectivity index (χ2v) is 7.06. The summed E-state index contributed by atoms with van der Waals surface area (Å²) in [4.78, 5) is 32.3. The van der Waals surface area contributed by atoms with Crippen molar-refractivity contribution in [3.63, 3.8) is 0 Å². The number of fused-ring (bicyclic) bond motifs is 1. The summed E-state index contributed by atoms with van der Waals surface area (Å²) in [6.07, 6.45) is 4.04. The molecule has 30 heavy (non-hydrogen) atoms. The molecular weight excluding hydrogens is 386 g/mol. The molecule has 0 bridgehead atoms. The minimum atomic E-state index is -0.630. The van der Waals surface area contributed by atoms with E-state index in [1.165, 1.54) is 14.2 Å². The molecule has 1 aliphatic rings. The Labute approximate surface area is 176 Å². The molecule has 2 aromatic rings. The Morgan fingerprint density at radius 2 is 1.93 bits per heavy atom. The van der Waals surface area contributed by atoms with Gasteiger partial charge in [0.25, 0.3) is 5.91 Å². The number of amides is 2. The van der Waals surface area contributed by atoms with Crippen LogP contribution in [0, 0.1) is 0 Å². The summed E-state index contributed by atoms with van der Waals surface area (Å²) in [6, 6.07) is 6.53. The van der Waals surface area contributed by atoms with Crippen LogP contribution in [0.3, 0.4) is 0 Å². The molecule has 2 amide bonds. The van der Waals surface area contributed by atoms with Gasteiger partial charge in [-0.3, -0.25) is 14.6 Å². The Hall–Kier alpha value is -3.13. The number of likely N-dealkylation sites (N-methyl/N-ethyl adjacent to an activating group) is 1. The topological polar surface area (TPSA) is 90.0 Å². The molecule has 0 aliphatic carbocycles. The number of hydrogen-bond donors (Lipinski definition) is 1. The largest absolute Gasteiger partial charge is 0.493 e. The fraction of sp³-hybridized carbons (Fsp3) is 0.409. The molecule has 0 unspecified atom stereocenters. The molecule has 1 aromatic carbocycles. The Balaban J connectivity index is 2.10. The Morgan fingerprint density at radius 1 is 1.20 bits per heavy atom. The minimum absolute atomic E-state index is 0.173. The number of pyridine rings is 1. The van der Waals surface area contributed by atoms with Gasteiger partial charge in [0, 0.05) is 45.3 Å². The van der Waals surface area contributed by atoms with Crippen molar-refractivity contribution >= 4 is 11.8 Å². The van der Waals surface area contributed by atoms with Gasteiger partial charge in [-0.1, -0.05) is 6.07 Å². The van der Waals surface area contributed by atoms with Crippen molar-refractivity contribution < 1.29 is 23.8 Å². The predicted molar refractivity (Wildman–Crippen MR) is 111 cm³/mol. The average molecular weight is 413 g/mol. The lowest BCUT2D eigenvalue weighted by molar-refractivity contribution is -0.124. The molecule has 3 rings (SSSR count). The number of benzene rings is 1. The number of nitrogens with zero attached hydrogens (tertiary/aromatic N) is 2. The van der Waals surface area contributed by atoms with Crippen molar-refractivity contribution in [3.05, 3.63) is 53.3 Å². The van der Waals surface area contributed by atoms with Gasteiger partial charge in [-0.2, -0.15) is 0 Å². The van der Waals surface area contributed by atoms with E-state index >= 15 is 0 Å². The van der Waals surface area contributed by atoms with Crippen LogP contribution >= 0.6 is 0 Å². The van der Waals surface area contributed by atoms with E-state index in [2.05, 4.69) is 10.3 Å². The predicted octanol–water partition coefficient (Wildman–Crippen LogP) is 2.16. The second kappa shape index (κ2) is 9.58. The zero-order chi connectivity index (χ0) is 21.7. The standard InChI is InChI=1S/C22H27N3O5/c1-25-20(14-7-5-8-23-13-14)19(21(26)24-9-6-10-28-2)15-11-17(29-3)18(30-4)12-16(15)22(25)27/h5,7-8,11-13,19-20H,6,9-10H2,1-4H3,(H,24,26)/t19-,20-/m1/s1. The van der Waals surface area contributed by atoms with Crippen LogP contribution in [0.15, 0.2) is 36.7 Å². The number of carbonyl (C=O) groups excluding carboxylic acids is 2. The molecule has 0 radical (unpaired) electrons. The zero-order valence-electron chi connectivity index (χ0n) is 17.7. The summed E-state index contributed by atoms with van der Waals surface area (Å²) in [5, 5.41) is 2.98. The van der Waals surface area contributed by atoms with Crippen LogP contribution < -0.4 is 14.8 Å². The van der Waals surface area contributed by atoms with Crippen LogP contribution in [0.4, 0.5) is 0 Å². The van der Waals surface area contributed by atoms with Gasteiger partial charge in [-0.05, 0) is 35.7 Å². The van der Waals surface area contributed by atoms with Gasteiger partial charge in [0.1, 0.15) is 0 Å². The fourth-order valence-corrected chi connectivity index (χ4v) is 3.84. The summed E-state index contributed by atoms with van der Waals surface area (Å²) >= 11 is 0. The fourth-order valence-electron chi connectivity index (χ4n) is 3.84. The van der Waals surface area contributed by atoms with E-state index in [-0.39, 0.29) is 11.8 Å². The quantitative estimate of drug-likeness (QED) is 0.667. The molecular formula is C22H27N3O5. The maximum absolute atomic E-state index is 13.3. The first kappa shape index (κ1) is 21.6. The van der Waals surface area contributed by atoms with E-state index in [9.17, 15) is 9.59 Å². The molecule has 0 saturated heterocycles. The van der Waals surface area contributed by atoms with Crippen molar-refractivity contribution in [1.82, 2.24) is 15.2 Å². The van der Waals surface area contributed by atoms with Gasteiger partial charge >= 0.3 is 0 Å². The van der Waals surface area contributed by atoms with Crippen LogP contribution in [0.25, 0.3) is 0 Å². The van der Waals surface area contributed by atoms with Gasteiger partial charge in [0.05, 0.1) is 26.2 Å². The molecule has 8 heteroatoms. The van der Waals surface area contributed by atoms with Crippen molar-refractivity contribution in [1.29, 1.82) is 0 Å². The molecule has 1 aromatic heterocycles. The van der Waals surface area contributed by atoms with E-state index < -0.39 is 12.0 Å². The lowest BCUT2D eigenvalue weighted by atomic mass is 9.79. The molecule has 160 valence electrons. The van der Waals surface area contributed by atoms with E-state index in [1.807, 2.05) is 6.07 Å². The van der Waals surface area contributed by atoms with Crippen LogP contribution in [-0.2, 0) is 9.53 Å². The third kappa shape index (κ3) is 4.09. The highest BCUT2D eigenvalue weighted by atomic mass is 16.5. The molecule has 0 fully saturated rings. The van der Waals surface area contributed by atoms with E-state index in [0.717, 1.165) is 5.56 Å². The highest BCUT2D eigenvalue weighted by Gasteiger charge is 2.43. The number of methoxy groups -OCH3 is 3. The molecule has 1 aliphatic heterocycles. The number of carbonyl (C=O) groups is 2. The number of nitrogens with one attached hydrogen (secondary N) is 1. The van der Waals surface area contributed by atoms with Gasteiger partial charge in [-0.25, -0.2) is 0 Å². The van der Waals surface area contributed by atoms with Crippen LogP contribution in [0.2, 0.25) is 0 Å². The smallest absolute Gasteiger partial charge is 0.254 e. The SMILES string of the molecule is COCCCNC(=O)[C@@H]1c2cc(OC)c(OC)cc2C(=O)N(C)[C@@H]1c1cccnc1. The third-order valence-corrected chi connectivity index (χ3v) is 5.31. The molecule has 1 N–H and O–H groups in total. The third-order valence-electron chi connectivity index (χ3n) is 5.31. The average Bonchev–Trinajstić information content (AvgIpc) is 2.78. The van der Waals surface area contributed by atoms with Crippen LogP contribution in [0.1, 0.15) is 39.9 Å². The monoisotopic (exact) mass is 413 g/mol. The molecule has 2 heterocycles. The lowest BCUT2D eigenvalue weighted by Crippen LogP contribution is -2.46. The first-order valence-electron chi connectivity index (χ1n) is 9.73. The first-order valence-corrected chi connectivity index (χ1v) is 9.73. The maximum Gasteiger partial charge on any atom is 0.254 e. The Morgan fingerprint density at radius 3 is 2.57 bits per heavy atom. The lowest BCUT2D eigenvalue weighted by Gasteiger charge is -2.39. The first-order chi connectivity index (χ1) is 14.5. The van der Waals surface area contributed by atoms with Crippen molar-refractivity contribution in [2.45, 2.75) is 18.4 Å². The van der Waals surface area contributed by atoms with E-state index in [1.54, 1.807) is 49.7 Å². The van der Waals surface area contributed by atoms with Crippen molar-refractivity contribution in [2.24, 2.45) is 0 Å². The van der Waals surface area contributed by atoms with E-state index in [0.29, 0.717) is 42.2 Å². The summed E-state index contributed by atoms with van der Waals surface area (Å²) in [7, 11) is 6.36. The second-order valence-electron chi connectivity index (χ2n) is 7.06. The summed E-state index contributed by atoms with van der Waals surface area (Å²) in [5.41, 5.74) is 1.81. The molecule has 0 saturated carbocycles. The summed E-state index contributed by atoms with van der Waals surface area (Å²) in [6.45, 7) is 1.03. The maximum atomic E-state index is 13.3. The Kier molecular flexibility index (Phi) is 6.89. The van der Waals surface area contributed by atoms with E-state index in [4.69, 9.17) is 14.2 Å². The van der Waals surface area contributed by atoms with Gasteiger partial charge in [-0.15, -0.1) is 0 Å². The summed E-state index contributed by atoms with van der Waals surface area (Å²) in [5.74, 6) is -0.0851. The van der Waals surface area contributed by atoms with Gasteiger partial charge in [0.2, 0.25) is 5.91 Å². The number of ether oxygens (including phenoxy) is 3. The molecule has 8 nitrogen and oxygen atoms in total. The highest BCUT2D eigenvalue weighted by Crippen LogP contribution is 2.45. The molecule has 0 spiro atoms. The van der Waals surface area contributed by atoms with Gasteiger partial charge in [0.15, 0.2) is 11.5 Å². The van der Waals surface area contributed by atoms with Crippen molar-refractivity contribution in [2.75, 3.05) is 41.5 Å². The highest BCUT2D eigenvalue weighted by molar-refractivity contribution is 6.02. The van der Waals surface area contributed by atoms with Crippen LogP contribution in [0.5, 0.6) is 11.5 Å². The number of aromatic nitrogens is 1. The number of rotatable bonds is 8. The summed E-state index contributed by atoms with van der Waals surface area (Å²) < 4.78 is 15.9. The van der Waals surface area contributed by atoms with Crippen LogP contribution in [-0.4, -0.2) is 63.2 Å². The molecule has 2 atom stereocenters.